The molecule has 0 aromatic heterocycles. The predicted molar refractivity (Wildman–Crippen MR) is 102 cm³/mol. The number of carbonyl (C=O) groups is 1. The number of hydrogen-bond donors (Lipinski definition) is 1. The van der Waals surface area contributed by atoms with Crippen LogP contribution in [0, 0.1) is 0 Å². The first-order valence-corrected chi connectivity index (χ1v) is 10.1. The van der Waals surface area contributed by atoms with Crippen LogP contribution >= 0.6 is 11.6 Å². The molecule has 1 amide bonds. The summed E-state index contributed by atoms with van der Waals surface area (Å²) in [5, 5.41) is 2.21. The fraction of sp³-hybridized carbons (Fsp3) is 0.278. The van der Waals surface area contributed by atoms with Crippen molar-refractivity contribution in [2.75, 3.05) is 26.7 Å². The van der Waals surface area contributed by atoms with Crippen LogP contribution in [0.2, 0.25) is 5.02 Å². The number of alkyl halides is 3. The molecule has 11 heteroatoms. The number of nitrogens with zero attached hydrogens (tertiary/aromatic N) is 1. The van der Waals surface area contributed by atoms with Gasteiger partial charge in [0.05, 0.1) is 4.90 Å². The molecule has 2 aromatic rings. The van der Waals surface area contributed by atoms with Gasteiger partial charge in [-0.2, -0.15) is 17.5 Å². The van der Waals surface area contributed by atoms with Crippen LogP contribution in [-0.2, 0) is 10.0 Å². The maximum absolute atomic E-state index is 12.6. The summed E-state index contributed by atoms with van der Waals surface area (Å²) < 4.78 is 68.1. The minimum absolute atomic E-state index is 0.0443. The number of halogens is 4. The zero-order valence-electron chi connectivity index (χ0n) is 15.2. The lowest BCUT2D eigenvalue weighted by molar-refractivity contribution is -0.123. The van der Waals surface area contributed by atoms with Crippen LogP contribution in [0.25, 0.3) is 0 Å². The van der Waals surface area contributed by atoms with Crippen molar-refractivity contribution in [3.8, 4) is 5.75 Å². The molecule has 0 heterocycles. The van der Waals surface area contributed by atoms with E-state index in [-0.39, 0.29) is 23.6 Å². The molecule has 0 aliphatic heterocycles. The Labute approximate surface area is 171 Å². The Morgan fingerprint density at radius 2 is 1.83 bits per heavy atom. The van der Waals surface area contributed by atoms with Gasteiger partial charge in [0.2, 0.25) is 10.0 Å². The zero-order valence-corrected chi connectivity index (χ0v) is 16.8. The van der Waals surface area contributed by atoms with Gasteiger partial charge in [0.1, 0.15) is 18.9 Å². The lowest BCUT2D eigenvalue weighted by atomic mass is 10.2. The average Bonchev–Trinajstić information content (AvgIpc) is 2.65. The molecule has 0 saturated heterocycles. The third kappa shape index (κ3) is 6.91. The fourth-order valence-corrected chi connectivity index (χ4v) is 3.54. The lowest BCUT2D eigenvalue weighted by Gasteiger charge is -2.18. The van der Waals surface area contributed by atoms with Gasteiger partial charge in [0, 0.05) is 24.2 Å². The maximum Gasteiger partial charge on any atom is 0.405 e. The standard InChI is InChI=1S/C18H18ClF3N2O4S/c1-24(9-10-28-15-4-2-3-14(19)11-15)29(26,27)16-7-5-13(6-8-16)17(25)23-12-18(20,21)22/h2-8,11H,9-10,12H2,1H3,(H,23,25). The summed E-state index contributed by atoms with van der Waals surface area (Å²) in [6, 6.07) is 11.3. The molecule has 1 N–H and O–H groups in total. The molecule has 0 unspecified atom stereocenters. The fourth-order valence-electron chi connectivity index (χ4n) is 2.21. The van der Waals surface area contributed by atoms with E-state index < -0.39 is 28.7 Å². The number of benzene rings is 2. The maximum atomic E-state index is 12.6. The van der Waals surface area contributed by atoms with Gasteiger partial charge in [-0.25, -0.2) is 8.42 Å². The van der Waals surface area contributed by atoms with Crippen LogP contribution in [0.15, 0.2) is 53.4 Å². The Morgan fingerprint density at radius 1 is 1.17 bits per heavy atom. The number of carbonyl (C=O) groups excluding carboxylic acids is 1. The third-order valence-corrected chi connectivity index (χ3v) is 5.85. The molecule has 29 heavy (non-hydrogen) atoms. The second-order valence-corrected chi connectivity index (χ2v) is 8.44. The Morgan fingerprint density at radius 3 is 2.41 bits per heavy atom. The van der Waals surface area contributed by atoms with Gasteiger partial charge in [-0.3, -0.25) is 4.79 Å². The predicted octanol–water partition coefficient (Wildman–Crippen LogP) is 3.33. The Hall–Kier alpha value is -2.30. The molecular formula is C18H18ClF3N2O4S. The summed E-state index contributed by atoms with van der Waals surface area (Å²) in [6.45, 7) is -1.35. The number of nitrogens with one attached hydrogen (secondary N) is 1. The molecule has 0 spiro atoms. The van der Waals surface area contributed by atoms with E-state index in [4.69, 9.17) is 16.3 Å². The first-order chi connectivity index (χ1) is 13.5. The number of rotatable bonds is 8. The van der Waals surface area contributed by atoms with E-state index in [9.17, 15) is 26.4 Å². The van der Waals surface area contributed by atoms with Gasteiger partial charge in [0.25, 0.3) is 5.91 Å². The molecule has 0 saturated carbocycles. The summed E-state index contributed by atoms with van der Waals surface area (Å²) in [5.74, 6) is -0.452. The number of sulfonamides is 1. The first-order valence-electron chi connectivity index (χ1n) is 8.29. The molecule has 0 aliphatic rings. The molecule has 2 rings (SSSR count). The minimum Gasteiger partial charge on any atom is -0.492 e. The summed E-state index contributed by atoms with van der Waals surface area (Å²) in [6.07, 6.45) is -4.53. The Balaban J connectivity index is 1.96. The number of hydrogen-bond acceptors (Lipinski definition) is 4. The number of ether oxygens (including phenoxy) is 1. The van der Waals surface area contributed by atoms with Crippen molar-refractivity contribution in [2.45, 2.75) is 11.1 Å². The van der Waals surface area contributed by atoms with Crippen molar-refractivity contribution in [3.05, 3.63) is 59.1 Å². The summed E-state index contributed by atoms with van der Waals surface area (Å²) in [5.41, 5.74) is -0.0832. The highest BCUT2D eigenvalue weighted by Crippen LogP contribution is 2.18. The van der Waals surface area contributed by atoms with E-state index in [1.54, 1.807) is 29.6 Å². The SMILES string of the molecule is CN(CCOc1cccc(Cl)c1)S(=O)(=O)c1ccc(C(=O)NCC(F)(F)F)cc1. The van der Waals surface area contributed by atoms with Crippen molar-refractivity contribution in [1.29, 1.82) is 0 Å². The molecular weight excluding hydrogens is 433 g/mol. The highest BCUT2D eigenvalue weighted by molar-refractivity contribution is 7.89. The topological polar surface area (TPSA) is 75.7 Å². The molecule has 0 aliphatic carbocycles. The summed E-state index contributed by atoms with van der Waals surface area (Å²) in [4.78, 5) is 11.6. The van der Waals surface area contributed by atoms with E-state index >= 15 is 0 Å². The monoisotopic (exact) mass is 450 g/mol. The lowest BCUT2D eigenvalue weighted by Crippen LogP contribution is -2.33. The van der Waals surface area contributed by atoms with Crippen LogP contribution in [-0.4, -0.2) is 51.6 Å². The average molecular weight is 451 g/mol. The minimum atomic E-state index is -4.53. The van der Waals surface area contributed by atoms with Crippen LogP contribution in [0.3, 0.4) is 0 Å². The van der Waals surface area contributed by atoms with Crippen molar-refractivity contribution in [3.63, 3.8) is 0 Å². The van der Waals surface area contributed by atoms with Gasteiger partial charge in [-0.05, 0) is 42.5 Å². The van der Waals surface area contributed by atoms with Crippen molar-refractivity contribution >= 4 is 27.5 Å². The molecule has 2 aromatic carbocycles. The smallest absolute Gasteiger partial charge is 0.405 e. The van der Waals surface area contributed by atoms with Crippen LogP contribution in [0.1, 0.15) is 10.4 Å². The van der Waals surface area contributed by atoms with E-state index in [1.807, 2.05) is 0 Å². The first kappa shape index (κ1) is 23.0. The Kier molecular flexibility index (Phi) is 7.50. The quantitative estimate of drug-likeness (QED) is 0.669. The summed E-state index contributed by atoms with van der Waals surface area (Å²) >= 11 is 5.85. The van der Waals surface area contributed by atoms with Crippen LogP contribution in [0.5, 0.6) is 5.75 Å². The third-order valence-electron chi connectivity index (χ3n) is 3.75. The van der Waals surface area contributed by atoms with Crippen molar-refractivity contribution in [1.82, 2.24) is 9.62 Å². The zero-order chi connectivity index (χ0) is 21.7. The molecule has 6 nitrogen and oxygen atoms in total. The molecule has 0 radical (unpaired) electrons. The second-order valence-electron chi connectivity index (χ2n) is 5.95. The number of amides is 1. The van der Waals surface area contributed by atoms with E-state index in [2.05, 4.69) is 0 Å². The molecule has 158 valence electrons. The van der Waals surface area contributed by atoms with Crippen molar-refractivity contribution < 1.29 is 31.1 Å². The van der Waals surface area contributed by atoms with Gasteiger partial charge >= 0.3 is 6.18 Å². The van der Waals surface area contributed by atoms with E-state index in [0.29, 0.717) is 10.8 Å². The van der Waals surface area contributed by atoms with Crippen LogP contribution < -0.4 is 10.1 Å². The number of likely N-dealkylation sites (N-methyl/N-ethyl adjacent to an activating group) is 1. The van der Waals surface area contributed by atoms with Crippen LogP contribution in [0.4, 0.5) is 13.2 Å². The van der Waals surface area contributed by atoms with Crippen molar-refractivity contribution in [2.24, 2.45) is 0 Å². The molecule has 0 bridgehead atoms. The van der Waals surface area contributed by atoms with Gasteiger partial charge in [0.15, 0.2) is 0 Å². The highest BCUT2D eigenvalue weighted by atomic mass is 35.5. The van der Waals surface area contributed by atoms with E-state index in [0.717, 1.165) is 28.6 Å². The molecule has 0 fully saturated rings. The van der Waals surface area contributed by atoms with Gasteiger partial charge < -0.3 is 10.1 Å². The highest BCUT2D eigenvalue weighted by Gasteiger charge is 2.28. The largest absolute Gasteiger partial charge is 0.492 e. The van der Waals surface area contributed by atoms with Gasteiger partial charge in [-0.15, -0.1) is 0 Å². The summed E-state index contributed by atoms with van der Waals surface area (Å²) in [7, 11) is -2.50. The normalized spacial score (nSPS) is 12.1. The van der Waals surface area contributed by atoms with E-state index in [1.165, 1.54) is 7.05 Å². The Bertz CT molecular complexity index is 950. The van der Waals surface area contributed by atoms with Gasteiger partial charge in [-0.1, -0.05) is 17.7 Å². The molecule has 0 atom stereocenters. The second kappa shape index (κ2) is 9.47.